The molecule has 1 heterocycles. The first-order chi connectivity index (χ1) is 10.2. The number of halogens is 2. The van der Waals surface area contributed by atoms with Gasteiger partial charge in [0.05, 0.1) is 11.3 Å². The van der Waals surface area contributed by atoms with Crippen molar-refractivity contribution in [3.63, 3.8) is 0 Å². The lowest BCUT2D eigenvalue weighted by atomic mass is 10.1. The topological polar surface area (TPSA) is 34.9 Å². The molecule has 1 aromatic heterocycles. The van der Waals surface area contributed by atoms with Gasteiger partial charge in [0.25, 0.3) is 0 Å². The van der Waals surface area contributed by atoms with Gasteiger partial charge in [0, 0.05) is 20.7 Å². The zero-order chi connectivity index (χ0) is 14.8. The molecule has 0 aliphatic heterocycles. The summed E-state index contributed by atoms with van der Waals surface area (Å²) in [5.41, 5.74) is 3.01. The summed E-state index contributed by atoms with van der Waals surface area (Å²) in [5.74, 6) is 0. The summed E-state index contributed by atoms with van der Waals surface area (Å²) >= 11 is 6.94. The fraction of sp³-hybridized carbons (Fsp3) is 0. The maximum absolute atomic E-state index is 11.3. The number of nitrogens with zero attached hydrogens (tertiary/aromatic N) is 2. The van der Waals surface area contributed by atoms with E-state index in [0.717, 1.165) is 26.5 Å². The van der Waals surface area contributed by atoms with Gasteiger partial charge in [0.2, 0.25) is 0 Å². The number of carbonyl (C=O) groups is 1. The molecule has 0 atom stereocenters. The van der Waals surface area contributed by atoms with E-state index in [4.69, 9.17) is 0 Å². The second-order valence-electron chi connectivity index (χ2n) is 4.46. The molecule has 0 fully saturated rings. The molecule has 104 valence electrons. The van der Waals surface area contributed by atoms with Crippen LogP contribution in [-0.2, 0) is 0 Å². The van der Waals surface area contributed by atoms with Gasteiger partial charge in [-0.25, -0.2) is 4.68 Å². The van der Waals surface area contributed by atoms with Gasteiger partial charge in [-0.2, -0.15) is 5.10 Å². The molecule has 0 aliphatic carbocycles. The van der Waals surface area contributed by atoms with Gasteiger partial charge in [-0.15, -0.1) is 0 Å². The molecule has 0 saturated carbocycles. The van der Waals surface area contributed by atoms with Crippen LogP contribution in [0.25, 0.3) is 16.9 Å². The molecule has 0 spiro atoms. The van der Waals surface area contributed by atoms with E-state index in [9.17, 15) is 4.79 Å². The van der Waals surface area contributed by atoms with Crippen molar-refractivity contribution in [1.82, 2.24) is 9.78 Å². The molecule has 0 N–H and O–H groups in total. The second-order valence-corrected chi connectivity index (χ2v) is 6.23. The molecule has 3 aromatic rings. The number of hydrogen-bond acceptors (Lipinski definition) is 2. The Hall–Kier alpha value is -1.72. The van der Waals surface area contributed by atoms with Crippen molar-refractivity contribution < 1.29 is 4.79 Å². The Morgan fingerprint density at radius 3 is 2.57 bits per heavy atom. The van der Waals surface area contributed by atoms with Crippen molar-refractivity contribution in [2.24, 2.45) is 0 Å². The van der Waals surface area contributed by atoms with Crippen LogP contribution in [0.1, 0.15) is 10.4 Å². The summed E-state index contributed by atoms with van der Waals surface area (Å²) in [6.07, 6.45) is 2.57. The fourth-order valence-corrected chi connectivity index (χ4v) is 2.95. The Morgan fingerprint density at radius 1 is 1.05 bits per heavy atom. The maximum Gasteiger partial charge on any atom is 0.153 e. The van der Waals surface area contributed by atoms with Gasteiger partial charge in [-0.05, 0) is 24.3 Å². The number of hydrogen-bond donors (Lipinski definition) is 0. The first-order valence-electron chi connectivity index (χ1n) is 6.25. The second kappa shape index (κ2) is 5.95. The van der Waals surface area contributed by atoms with Crippen LogP contribution >= 0.6 is 31.9 Å². The van der Waals surface area contributed by atoms with E-state index in [2.05, 4.69) is 37.0 Å². The van der Waals surface area contributed by atoms with Crippen LogP contribution in [0.5, 0.6) is 0 Å². The van der Waals surface area contributed by atoms with Crippen molar-refractivity contribution in [3.8, 4) is 16.9 Å². The lowest BCUT2D eigenvalue weighted by Gasteiger charge is -2.02. The molecule has 0 radical (unpaired) electrons. The molecule has 0 amide bonds. The Balaban J connectivity index is 2.15. The summed E-state index contributed by atoms with van der Waals surface area (Å²) < 4.78 is 3.58. The molecule has 0 unspecified atom stereocenters. The molecule has 3 nitrogen and oxygen atoms in total. The van der Waals surface area contributed by atoms with Crippen molar-refractivity contribution in [3.05, 3.63) is 69.2 Å². The lowest BCUT2D eigenvalue weighted by molar-refractivity contribution is 0.112. The number of aldehydes is 1. The first-order valence-corrected chi connectivity index (χ1v) is 7.83. The Bertz CT molecular complexity index is 812. The van der Waals surface area contributed by atoms with Gasteiger partial charge in [-0.3, -0.25) is 4.79 Å². The maximum atomic E-state index is 11.3. The number of rotatable bonds is 3. The molecule has 21 heavy (non-hydrogen) atoms. The Kier molecular flexibility index (Phi) is 4.03. The lowest BCUT2D eigenvalue weighted by Crippen LogP contribution is -1.94. The minimum Gasteiger partial charge on any atom is -0.298 e. The zero-order valence-electron chi connectivity index (χ0n) is 10.8. The largest absolute Gasteiger partial charge is 0.298 e. The van der Waals surface area contributed by atoms with Crippen molar-refractivity contribution in [1.29, 1.82) is 0 Å². The molecule has 0 saturated heterocycles. The molecular formula is C16H10Br2N2O. The third-order valence-electron chi connectivity index (χ3n) is 3.07. The standard InChI is InChI=1S/C16H10Br2N2O/c17-12-4-3-5-13(8-12)20-9-11(10-21)16(19-20)14-6-1-2-7-15(14)18/h1-10H. The molecular weight excluding hydrogens is 396 g/mol. The first kappa shape index (κ1) is 14.2. The highest BCUT2D eigenvalue weighted by Crippen LogP contribution is 2.29. The van der Waals surface area contributed by atoms with E-state index >= 15 is 0 Å². The smallest absolute Gasteiger partial charge is 0.153 e. The van der Waals surface area contributed by atoms with Gasteiger partial charge in [0.1, 0.15) is 5.69 Å². The summed E-state index contributed by atoms with van der Waals surface area (Å²) in [6, 6.07) is 15.5. The van der Waals surface area contributed by atoms with E-state index in [-0.39, 0.29) is 0 Å². The van der Waals surface area contributed by atoms with Crippen LogP contribution in [0.4, 0.5) is 0 Å². The minimum atomic E-state index is 0.557. The summed E-state index contributed by atoms with van der Waals surface area (Å²) in [5, 5.41) is 4.56. The monoisotopic (exact) mass is 404 g/mol. The predicted octanol–water partition coefficient (Wildman–Crippen LogP) is 4.88. The molecule has 3 rings (SSSR count). The molecule has 5 heteroatoms. The highest BCUT2D eigenvalue weighted by molar-refractivity contribution is 9.10. The molecule has 0 aliphatic rings. The average Bonchev–Trinajstić information content (AvgIpc) is 2.92. The van der Waals surface area contributed by atoms with E-state index in [1.54, 1.807) is 10.9 Å². The van der Waals surface area contributed by atoms with E-state index in [0.29, 0.717) is 11.3 Å². The quantitative estimate of drug-likeness (QED) is 0.582. The zero-order valence-corrected chi connectivity index (χ0v) is 14.0. The number of carbonyl (C=O) groups excluding carboxylic acids is 1. The van der Waals surface area contributed by atoms with Crippen LogP contribution in [0.2, 0.25) is 0 Å². The van der Waals surface area contributed by atoms with Crippen LogP contribution in [-0.4, -0.2) is 16.1 Å². The van der Waals surface area contributed by atoms with Crippen molar-refractivity contribution >= 4 is 38.1 Å². The third kappa shape index (κ3) is 2.84. The highest BCUT2D eigenvalue weighted by Gasteiger charge is 2.13. The summed E-state index contributed by atoms with van der Waals surface area (Å²) in [4.78, 5) is 11.3. The minimum absolute atomic E-state index is 0.557. The fourth-order valence-electron chi connectivity index (χ4n) is 2.09. The van der Waals surface area contributed by atoms with Gasteiger partial charge in [0.15, 0.2) is 6.29 Å². The highest BCUT2D eigenvalue weighted by atomic mass is 79.9. The van der Waals surface area contributed by atoms with E-state index in [1.807, 2.05) is 48.5 Å². The SMILES string of the molecule is O=Cc1cn(-c2cccc(Br)c2)nc1-c1ccccc1Br. The van der Waals surface area contributed by atoms with Crippen molar-refractivity contribution in [2.45, 2.75) is 0 Å². The van der Waals surface area contributed by atoms with E-state index < -0.39 is 0 Å². The summed E-state index contributed by atoms with van der Waals surface area (Å²) in [6.45, 7) is 0. The van der Waals surface area contributed by atoms with Gasteiger partial charge < -0.3 is 0 Å². The van der Waals surface area contributed by atoms with Gasteiger partial charge >= 0.3 is 0 Å². The number of aromatic nitrogens is 2. The average molecular weight is 406 g/mol. The summed E-state index contributed by atoms with van der Waals surface area (Å²) in [7, 11) is 0. The van der Waals surface area contributed by atoms with Crippen LogP contribution in [0.15, 0.2) is 63.7 Å². The molecule has 0 bridgehead atoms. The van der Waals surface area contributed by atoms with Gasteiger partial charge in [-0.1, -0.05) is 56.1 Å². The predicted molar refractivity (Wildman–Crippen MR) is 89.8 cm³/mol. The Morgan fingerprint density at radius 2 is 1.86 bits per heavy atom. The van der Waals surface area contributed by atoms with Crippen LogP contribution < -0.4 is 0 Å². The van der Waals surface area contributed by atoms with E-state index in [1.165, 1.54) is 0 Å². The molecule has 2 aromatic carbocycles. The Labute approximate surface area is 138 Å². The van der Waals surface area contributed by atoms with Crippen LogP contribution in [0.3, 0.4) is 0 Å². The normalized spacial score (nSPS) is 10.6. The number of benzene rings is 2. The van der Waals surface area contributed by atoms with Crippen LogP contribution in [0, 0.1) is 0 Å². The van der Waals surface area contributed by atoms with Crippen molar-refractivity contribution in [2.75, 3.05) is 0 Å². The third-order valence-corrected chi connectivity index (χ3v) is 4.26.